The topological polar surface area (TPSA) is 81.8 Å². The number of hydrogen-bond donors (Lipinski definition) is 2. The van der Waals surface area contributed by atoms with Crippen molar-refractivity contribution in [1.29, 1.82) is 0 Å². The molecule has 3 amide bonds. The van der Waals surface area contributed by atoms with E-state index in [2.05, 4.69) is 22.5 Å². The predicted molar refractivity (Wildman–Crippen MR) is 138 cm³/mol. The summed E-state index contributed by atoms with van der Waals surface area (Å²) in [5, 5.41) is 5.84. The van der Waals surface area contributed by atoms with Crippen LogP contribution in [0.1, 0.15) is 55.5 Å². The second-order valence-electron chi connectivity index (χ2n) is 9.62. The Morgan fingerprint density at radius 2 is 1.43 bits per heavy atom. The van der Waals surface area contributed by atoms with E-state index in [4.69, 9.17) is 0 Å². The molecule has 1 atom stereocenters. The maximum atomic E-state index is 13.5. The van der Waals surface area contributed by atoms with Crippen molar-refractivity contribution in [2.24, 2.45) is 5.92 Å². The molecular formula is C28H36N4O3. The second-order valence-corrected chi connectivity index (χ2v) is 9.62. The van der Waals surface area contributed by atoms with Gasteiger partial charge in [0.1, 0.15) is 0 Å². The van der Waals surface area contributed by atoms with E-state index < -0.39 is 0 Å². The normalized spacial score (nSPS) is 17.7. The SMILES string of the molecule is CCc1ccc(C(=O)N2CCN([C@H](C(=O)Nc3ccc(NC(C)=O)cc3)C3CCCC3)CC2)cc1. The Kier molecular flexibility index (Phi) is 8.18. The van der Waals surface area contributed by atoms with Crippen molar-refractivity contribution in [3.05, 3.63) is 59.7 Å². The summed E-state index contributed by atoms with van der Waals surface area (Å²) in [6, 6.07) is 14.9. The number of anilines is 2. The van der Waals surface area contributed by atoms with Gasteiger partial charge in [0.2, 0.25) is 11.8 Å². The Balaban J connectivity index is 1.39. The van der Waals surface area contributed by atoms with Crippen molar-refractivity contribution in [2.45, 2.75) is 52.0 Å². The lowest BCUT2D eigenvalue weighted by atomic mass is 9.94. The number of carbonyl (C=O) groups excluding carboxylic acids is 3. The fourth-order valence-corrected chi connectivity index (χ4v) is 5.28. The Morgan fingerprint density at radius 1 is 0.857 bits per heavy atom. The highest BCUT2D eigenvalue weighted by molar-refractivity contribution is 5.96. The lowest BCUT2D eigenvalue weighted by Crippen LogP contribution is -2.56. The molecule has 0 radical (unpaired) electrons. The van der Waals surface area contributed by atoms with Gasteiger partial charge in [0, 0.05) is 50.0 Å². The van der Waals surface area contributed by atoms with Crippen LogP contribution >= 0.6 is 0 Å². The summed E-state index contributed by atoms with van der Waals surface area (Å²) in [7, 11) is 0. The number of piperazine rings is 1. The zero-order valence-electron chi connectivity index (χ0n) is 20.8. The largest absolute Gasteiger partial charge is 0.336 e. The first-order valence-electron chi connectivity index (χ1n) is 12.8. The van der Waals surface area contributed by atoms with Gasteiger partial charge in [0.05, 0.1) is 6.04 Å². The number of nitrogens with zero attached hydrogens (tertiary/aromatic N) is 2. The summed E-state index contributed by atoms with van der Waals surface area (Å²) < 4.78 is 0. The quantitative estimate of drug-likeness (QED) is 0.629. The smallest absolute Gasteiger partial charge is 0.253 e. The van der Waals surface area contributed by atoms with Gasteiger partial charge in [-0.25, -0.2) is 0 Å². The molecule has 1 aliphatic heterocycles. The number of hydrogen-bond acceptors (Lipinski definition) is 4. The van der Waals surface area contributed by atoms with E-state index in [0.717, 1.165) is 43.4 Å². The minimum atomic E-state index is -0.200. The van der Waals surface area contributed by atoms with E-state index >= 15 is 0 Å². The van der Waals surface area contributed by atoms with Crippen LogP contribution in [-0.4, -0.2) is 59.7 Å². The van der Waals surface area contributed by atoms with Gasteiger partial charge in [0.25, 0.3) is 5.91 Å². The van der Waals surface area contributed by atoms with Crippen molar-refractivity contribution in [3.63, 3.8) is 0 Å². The van der Waals surface area contributed by atoms with E-state index in [0.29, 0.717) is 37.8 Å². The maximum Gasteiger partial charge on any atom is 0.253 e. The molecule has 0 spiro atoms. The third-order valence-corrected chi connectivity index (χ3v) is 7.19. The van der Waals surface area contributed by atoms with Crippen LogP contribution in [0.25, 0.3) is 0 Å². The maximum absolute atomic E-state index is 13.5. The predicted octanol–water partition coefficient (Wildman–Crippen LogP) is 4.16. The van der Waals surface area contributed by atoms with Gasteiger partial charge in [0.15, 0.2) is 0 Å². The van der Waals surface area contributed by atoms with Gasteiger partial charge in [-0.1, -0.05) is 31.9 Å². The molecule has 1 heterocycles. The summed E-state index contributed by atoms with van der Waals surface area (Å²) in [5.41, 5.74) is 3.37. The Bertz CT molecular complexity index is 1020. The van der Waals surface area contributed by atoms with Gasteiger partial charge >= 0.3 is 0 Å². The van der Waals surface area contributed by atoms with Crippen molar-refractivity contribution in [3.8, 4) is 0 Å². The number of nitrogens with one attached hydrogen (secondary N) is 2. The van der Waals surface area contributed by atoms with Crippen LogP contribution < -0.4 is 10.6 Å². The molecule has 35 heavy (non-hydrogen) atoms. The summed E-state index contributed by atoms with van der Waals surface area (Å²) in [5.74, 6) is 0.281. The Labute approximate surface area is 207 Å². The van der Waals surface area contributed by atoms with Gasteiger partial charge < -0.3 is 15.5 Å². The van der Waals surface area contributed by atoms with Crippen molar-refractivity contribution >= 4 is 29.1 Å². The zero-order valence-corrected chi connectivity index (χ0v) is 20.8. The highest BCUT2D eigenvalue weighted by Gasteiger charge is 2.37. The molecule has 2 fully saturated rings. The Morgan fingerprint density at radius 3 is 1.97 bits per heavy atom. The molecule has 2 aliphatic rings. The molecular weight excluding hydrogens is 440 g/mol. The van der Waals surface area contributed by atoms with Crippen LogP contribution in [0.15, 0.2) is 48.5 Å². The first-order chi connectivity index (χ1) is 16.9. The third kappa shape index (κ3) is 6.28. The third-order valence-electron chi connectivity index (χ3n) is 7.19. The first-order valence-corrected chi connectivity index (χ1v) is 12.8. The minimum Gasteiger partial charge on any atom is -0.336 e. The minimum absolute atomic E-state index is 0.0131. The molecule has 2 aromatic carbocycles. The van der Waals surface area contributed by atoms with E-state index in [1.165, 1.54) is 12.5 Å². The standard InChI is InChI=1S/C28H36N4O3/c1-3-21-8-10-23(11-9-21)28(35)32-18-16-31(17-19-32)26(22-6-4-5-7-22)27(34)30-25-14-12-24(13-15-25)29-20(2)33/h8-15,22,26H,3-7,16-19H2,1-2H3,(H,29,33)(H,30,34)/t26-/m0/s1. The summed E-state index contributed by atoms with van der Waals surface area (Å²) in [4.78, 5) is 41.9. The molecule has 7 nitrogen and oxygen atoms in total. The van der Waals surface area contributed by atoms with Crippen LogP contribution in [0.5, 0.6) is 0 Å². The van der Waals surface area contributed by atoms with Crippen LogP contribution in [0.3, 0.4) is 0 Å². The number of benzene rings is 2. The molecule has 1 saturated heterocycles. The lowest BCUT2D eigenvalue weighted by Gasteiger charge is -2.40. The van der Waals surface area contributed by atoms with Gasteiger partial charge in [-0.2, -0.15) is 0 Å². The van der Waals surface area contributed by atoms with E-state index in [-0.39, 0.29) is 23.8 Å². The highest BCUT2D eigenvalue weighted by Crippen LogP contribution is 2.32. The van der Waals surface area contributed by atoms with E-state index in [9.17, 15) is 14.4 Å². The summed E-state index contributed by atoms with van der Waals surface area (Å²) in [6.07, 6.45) is 5.39. The fraction of sp³-hybridized carbons (Fsp3) is 0.464. The van der Waals surface area contributed by atoms with Crippen molar-refractivity contribution < 1.29 is 14.4 Å². The Hall–Kier alpha value is -3.19. The number of rotatable bonds is 7. The van der Waals surface area contributed by atoms with Gasteiger partial charge in [-0.15, -0.1) is 0 Å². The lowest BCUT2D eigenvalue weighted by molar-refractivity contribution is -0.124. The average Bonchev–Trinajstić information content (AvgIpc) is 3.39. The highest BCUT2D eigenvalue weighted by atomic mass is 16.2. The second kappa shape index (κ2) is 11.5. The molecule has 0 bridgehead atoms. The molecule has 186 valence electrons. The summed E-state index contributed by atoms with van der Waals surface area (Å²) >= 11 is 0. The average molecular weight is 477 g/mol. The molecule has 1 aliphatic carbocycles. The van der Waals surface area contributed by atoms with E-state index in [1.807, 2.05) is 41.3 Å². The molecule has 7 heteroatoms. The van der Waals surface area contributed by atoms with Gasteiger partial charge in [-0.05, 0) is 67.1 Å². The number of carbonyl (C=O) groups is 3. The molecule has 2 aromatic rings. The van der Waals surface area contributed by atoms with Gasteiger partial charge in [-0.3, -0.25) is 19.3 Å². The monoisotopic (exact) mass is 476 g/mol. The van der Waals surface area contributed by atoms with Crippen molar-refractivity contribution in [1.82, 2.24) is 9.80 Å². The van der Waals surface area contributed by atoms with E-state index in [1.54, 1.807) is 12.1 Å². The zero-order chi connectivity index (χ0) is 24.8. The van der Waals surface area contributed by atoms with Crippen LogP contribution in [0, 0.1) is 5.92 Å². The fourth-order valence-electron chi connectivity index (χ4n) is 5.28. The van der Waals surface area contributed by atoms with Crippen molar-refractivity contribution in [2.75, 3.05) is 36.8 Å². The molecule has 0 aromatic heterocycles. The number of aryl methyl sites for hydroxylation is 1. The number of amides is 3. The molecule has 0 unspecified atom stereocenters. The van der Waals surface area contributed by atoms with Crippen LogP contribution in [0.4, 0.5) is 11.4 Å². The van der Waals surface area contributed by atoms with Crippen LogP contribution in [-0.2, 0) is 16.0 Å². The molecule has 2 N–H and O–H groups in total. The van der Waals surface area contributed by atoms with Crippen LogP contribution in [0.2, 0.25) is 0 Å². The molecule has 1 saturated carbocycles. The summed E-state index contributed by atoms with van der Waals surface area (Å²) in [6.45, 7) is 6.20. The molecule has 4 rings (SSSR count). The first kappa shape index (κ1) is 24.9.